The third kappa shape index (κ3) is 7.35. The van der Waals surface area contributed by atoms with Crippen LogP contribution in [0.2, 0.25) is 0 Å². The number of carbonyl (C=O) groups is 1. The van der Waals surface area contributed by atoms with E-state index in [1.54, 1.807) is 19.1 Å². The molecule has 1 aliphatic rings. The molecule has 3 rings (SSSR count). The van der Waals surface area contributed by atoms with Gasteiger partial charge in [-0.15, -0.1) is 0 Å². The number of methoxy groups -OCH3 is 2. The summed E-state index contributed by atoms with van der Waals surface area (Å²) in [6.45, 7) is 7.36. The molecule has 2 aromatic carbocycles. The van der Waals surface area contributed by atoms with Crippen LogP contribution in [0.4, 0.5) is 13.2 Å². The molecule has 0 aromatic heterocycles. The first-order chi connectivity index (χ1) is 16.6. The van der Waals surface area contributed by atoms with Crippen LogP contribution >= 0.6 is 0 Å². The minimum Gasteiger partial charge on any atom is -0.497 e. The molecule has 0 N–H and O–H groups in total. The molecule has 0 unspecified atom stereocenters. The number of alkyl halides is 3. The van der Waals surface area contributed by atoms with Crippen molar-refractivity contribution in [2.24, 2.45) is 5.92 Å². The summed E-state index contributed by atoms with van der Waals surface area (Å²) < 4.78 is 55.5. The maximum atomic E-state index is 13.2. The molecule has 0 spiro atoms. The Hall–Kier alpha value is -2.78. The molecule has 0 saturated carbocycles. The predicted octanol–water partition coefficient (Wildman–Crippen LogP) is 4.72. The Labute approximate surface area is 204 Å². The molecule has 2 aromatic rings. The van der Waals surface area contributed by atoms with E-state index in [9.17, 15) is 18.0 Å². The van der Waals surface area contributed by atoms with Crippen molar-refractivity contribution in [3.8, 4) is 11.5 Å². The lowest BCUT2D eigenvalue weighted by Crippen LogP contribution is -2.49. The highest BCUT2D eigenvalue weighted by Gasteiger charge is 2.31. The van der Waals surface area contributed by atoms with Crippen LogP contribution in [0.5, 0.6) is 11.5 Å². The van der Waals surface area contributed by atoms with Crippen LogP contribution in [0, 0.1) is 5.92 Å². The quantitative estimate of drug-likeness (QED) is 0.505. The van der Waals surface area contributed by atoms with E-state index < -0.39 is 11.7 Å². The van der Waals surface area contributed by atoms with Gasteiger partial charge in [0.15, 0.2) is 0 Å². The number of carbonyl (C=O) groups excluding carboxylic acids is 1. The molecular weight excluding hydrogens is 461 g/mol. The van der Waals surface area contributed by atoms with E-state index in [4.69, 9.17) is 14.2 Å². The summed E-state index contributed by atoms with van der Waals surface area (Å²) in [6.07, 6.45) is -4.66. The second kappa shape index (κ2) is 11.8. The minimum atomic E-state index is -4.44. The SMILES string of the molecule is COc1ccc(CN2CCO[C@@H](CN(CC(C)C)C(=O)c3ccc(C(F)(F)F)cc3)C2)c(OC)c1. The average Bonchev–Trinajstić information content (AvgIpc) is 2.83. The number of rotatable bonds is 9. The number of amides is 1. The highest BCUT2D eigenvalue weighted by Crippen LogP contribution is 2.29. The van der Waals surface area contributed by atoms with E-state index in [1.807, 2.05) is 32.0 Å². The smallest absolute Gasteiger partial charge is 0.416 e. The summed E-state index contributed by atoms with van der Waals surface area (Å²) in [5.74, 6) is 1.35. The summed E-state index contributed by atoms with van der Waals surface area (Å²) in [6, 6.07) is 10.1. The first-order valence-electron chi connectivity index (χ1n) is 11.6. The summed E-state index contributed by atoms with van der Waals surface area (Å²) in [7, 11) is 3.23. The third-order valence-corrected chi connectivity index (χ3v) is 5.87. The van der Waals surface area contributed by atoms with Crippen molar-refractivity contribution in [2.45, 2.75) is 32.7 Å². The molecule has 1 fully saturated rings. The second-order valence-corrected chi connectivity index (χ2v) is 9.08. The van der Waals surface area contributed by atoms with Crippen LogP contribution in [0.3, 0.4) is 0 Å². The van der Waals surface area contributed by atoms with E-state index in [0.29, 0.717) is 32.8 Å². The first-order valence-corrected chi connectivity index (χ1v) is 11.6. The molecule has 192 valence electrons. The maximum absolute atomic E-state index is 13.2. The Morgan fingerprint density at radius 2 is 1.86 bits per heavy atom. The van der Waals surface area contributed by atoms with Crippen molar-refractivity contribution in [1.29, 1.82) is 0 Å². The van der Waals surface area contributed by atoms with Crippen LogP contribution in [0.15, 0.2) is 42.5 Å². The first kappa shape index (κ1) is 26.8. The Kier molecular flexibility index (Phi) is 9.02. The fraction of sp³-hybridized carbons (Fsp3) is 0.500. The fourth-order valence-electron chi connectivity index (χ4n) is 4.17. The van der Waals surface area contributed by atoms with Gasteiger partial charge in [0, 0.05) is 49.9 Å². The van der Waals surface area contributed by atoms with Crippen molar-refractivity contribution in [3.63, 3.8) is 0 Å². The highest BCUT2D eigenvalue weighted by atomic mass is 19.4. The number of hydrogen-bond donors (Lipinski definition) is 0. The Morgan fingerprint density at radius 3 is 2.46 bits per heavy atom. The van der Waals surface area contributed by atoms with Crippen molar-refractivity contribution < 1.29 is 32.2 Å². The molecule has 1 aliphatic heterocycles. The molecule has 1 saturated heterocycles. The van der Waals surface area contributed by atoms with Gasteiger partial charge < -0.3 is 19.1 Å². The average molecular weight is 495 g/mol. The van der Waals surface area contributed by atoms with E-state index in [0.717, 1.165) is 35.7 Å². The van der Waals surface area contributed by atoms with Gasteiger partial charge in [0.1, 0.15) is 11.5 Å². The van der Waals surface area contributed by atoms with Crippen LogP contribution < -0.4 is 9.47 Å². The third-order valence-electron chi connectivity index (χ3n) is 5.87. The van der Waals surface area contributed by atoms with Gasteiger partial charge in [0.25, 0.3) is 5.91 Å². The molecule has 35 heavy (non-hydrogen) atoms. The Bertz CT molecular complexity index is 980. The highest BCUT2D eigenvalue weighted by molar-refractivity contribution is 5.94. The summed E-state index contributed by atoms with van der Waals surface area (Å²) >= 11 is 0. The van der Waals surface area contributed by atoms with Crippen LogP contribution in [0.25, 0.3) is 0 Å². The van der Waals surface area contributed by atoms with Gasteiger partial charge >= 0.3 is 6.18 Å². The van der Waals surface area contributed by atoms with Gasteiger partial charge in [0.2, 0.25) is 0 Å². The van der Waals surface area contributed by atoms with Crippen molar-refractivity contribution in [1.82, 2.24) is 9.80 Å². The topological polar surface area (TPSA) is 51.2 Å². The van der Waals surface area contributed by atoms with Crippen LogP contribution in [-0.4, -0.2) is 68.8 Å². The summed E-state index contributed by atoms with van der Waals surface area (Å²) in [4.78, 5) is 17.1. The lowest BCUT2D eigenvalue weighted by Gasteiger charge is -2.36. The zero-order chi connectivity index (χ0) is 25.6. The zero-order valence-electron chi connectivity index (χ0n) is 20.6. The lowest BCUT2D eigenvalue weighted by atomic mass is 10.1. The summed E-state index contributed by atoms with van der Waals surface area (Å²) in [5, 5.41) is 0. The normalized spacial score (nSPS) is 16.9. The summed E-state index contributed by atoms with van der Waals surface area (Å²) in [5.41, 5.74) is 0.479. The number of ether oxygens (including phenoxy) is 3. The minimum absolute atomic E-state index is 0.191. The van der Waals surface area contributed by atoms with Crippen molar-refractivity contribution >= 4 is 5.91 Å². The lowest BCUT2D eigenvalue weighted by molar-refractivity contribution is -0.137. The largest absolute Gasteiger partial charge is 0.497 e. The van der Waals surface area contributed by atoms with E-state index in [1.165, 1.54) is 12.1 Å². The van der Waals surface area contributed by atoms with Gasteiger partial charge in [-0.1, -0.05) is 19.9 Å². The van der Waals surface area contributed by atoms with Gasteiger partial charge in [-0.3, -0.25) is 9.69 Å². The Balaban J connectivity index is 1.69. The van der Waals surface area contributed by atoms with Gasteiger partial charge in [0.05, 0.1) is 32.5 Å². The van der Waals surface area contributed by atoms with E-state index in [-0.39, 0.29) is 23.5 Å². The van der Waals surface area contributed by atoms with Gasteiger partial charge in [-0.2, -0.15) is 13.2 Å². The molecule has 1 heterocycles. The molecule has 9 heteroatoms. The zero-order valence-corrected chi connectivity index (χ0v) is 20.6. The number of nitrogens with zero attached hydrogens (tertiary/aromatic N) is 2. The second-order valence-electron chi connectivity index (χ2n) is 9.08. The monoisotopic (exact) mass is 494 g/mol. The molecule has 0 radical (unpaired) electrons. The molecule has 0 aliphatic carbocycles. The predicted molar refractivity (Wildman–Crippen MR) is 127 cm³/mol. The van der Waals surface area contributed by atoms with Gasteiger partial charge in [-0.25, -0.2) is 0 Å². The fourth-order valence-corrected chi connectivity index (χ4v) is 4.17. The molecule has 1 atom stereocenters. The molecule has 0 bridgehead atoms. The maximum Gasteiger partial charge on any atom is 0.416 e. The van der Waals surface area contributed by atoms with Crippen LogP contribution in [0.1, 0.15) is 35.3 Å². The molecule has 1 amide bonds. The van der Waals surface area contributed by atoms with Crippen LogP contribution in [-0.2, 0) is 17.5 Å². The van der Waals surface area contributed by atoms with Crippen molar-refractivity contribution in [2.75, 3.05) is 47.0 Å². The number of benzene rings is 2. The number of hydrogen-bond acceptors (Lipinski definition) is 5. The van der Waals surface area contributed by atoms with Crippen molar-refractivity contribution in [3.05, 3.63) is 59.2 Å². The van der Waals surface area contributed by atoms with Gasteiger partial charge in [-0.05, 0) is 36.2 Å². The Morgan fingerprint density at radius 1 is 1.14 bits per heavy atom. The number of halogens is 3. The van der Waals surface area contributed by atoms with E-state index in [2.05, 4.69) is 4.90 Å². The molecule has 6 nitrogen and oxygen atoms in total. The molecular formula is C26H33F3N2O4. The number of morpholine rings is 1. The van der Waals surface area contributed by atoms with E-state index >= 15 is 0 Å². The standard InChI is InChI=1S/C26H33F3N2O4/c1-18(2)14-31(25(32)19-5-8-21(9-6-19)26(27,28)29)17-23-16-30(11-12-35-23)15-20-7-10-22(33-3)13-24(20)34-4/h5-10,13,18,23H,11-12,14-17H2,1-4H3/t23-/m1/s1.